The molecule has 2 aromatic rings. The molecule has 2 aromatic carbocycles. The summed E-state index contributed by atoms with van der Waals surface area (Å²) in [5.41, 5.74) is 2.54. The van der Waals surface area contributed by atoms with Crippen molar-refractivity contribution in [2.75, 3.05) is 13.7 Å². The third-order valence-electron chi connectivity index (χ3n) is 3.61. The van der Waals surface area contributed by atoms with Crippen LogP contribution in [0, 0.1) is 17.1 Å². The van der Waals surface area contributed by atoms with Gasteiger partial charge in [0.1, 0.15) is 24.2 Å². The summed E-state index contributed by atoms with van der Waals surface area (Å²) in [5.74, 6) is -0.389. The van der Waals surface area contributed by atoms with Gasteiger partial charge in [-0.1, -0.05) is 6.07 Å². The molecule has 114 valence electrons. The summed E-state index contributed by atoms with van der Waals surface area (Å²) in [6, 6.07) is 11.2. The van der Waals surface area contributed by atoms with Gasteiger partial charge in [-0.3, -0.25) is 0 Å². The Labute approximate surface area is 132 Å². The zero-order valence-corrected chi connectivity index (χ0v) is 12.3. The number of carbonyl (C=O) groups excluding carboxylic acids is 1. The van der Waals surface area contributed by atoms with Crippen LogP contribution >= 0.6 is 0 Å². The summed E-state index contributed by atoms with van der Waals surface area (Å²) < 4.78 is 23.8. The molecule has 3 rings (SSSR count). The number of ether oxygens (including phenoxy) is 2. The van der Waals surface area contributed by atoms with E-state index in [1.165, 1.54) is 19.2 Å². The summed E-state index contributed by atoms with van der Waals surface area (Å²) in [5, 5.41) is 8.99. The van der Waals surface area contributed by atoms with E-state index in [0.717, 1.165) is 5.57 Å². The van der Waals surface area contributed by atoms with Crippen molar-refractivity contribution in [3.8, 4) is 11.8 Å². The van der Waals surface area contributed by atoms with Gasteiger partial charge in [-0.05, 0) is 47.5 Å². The maximum absolute atomic E-state index is 13.5. The topological polar surface area (TPSA) is 59.3 Å². The molecule has 0 atom stereocenters. The van der Waals surface area contributed by atoms with Crippen LogP contribution in [-0.4, -0.2) is 19.7 Å². The maximum atomic E-state index is 13.5. The minimum Gasteiger partial charge on any atom is -0.489 e. The lowest BCUT2D eigenvalue weighted by molar-refractivity contribution is 0.0600. The van der Waals surface area contributed by atoms with Crippen LogP contribution in [0.2, 0.25) is 0 Å². The fourth-order valence-corrected chi connectivity index (χ4v) is 2.49. The van der Waals surface area contributed by atoms with Crippen LogP contribution < -0.4 is 4.74 Å². The summed E-state index contributed by atoms with van der Waals surface area (Å²) in [7, 11) is 1.31. The number of esters is 1. The van der Waals surface area contributed by atoms with Crippen molar-refractivity contribution < 1.29 is 18.7 Å². The molecule has 1 aliphatic heterocycles. The molecule has 0 amide bonds. The van der Waals surface area contributed by atoms with Crippen molar-refractivity contribution in [1.29, 1.82) is 5.26 Å². The summed E-state index contributed by atoms with van der Waals surface area (Å²) in [6.07, 6.45) is 1.83. The Morgan fingerprint density at radius 1 is 1.30 bits per heavy atom. The first-order valence-electron chi connectivity index (χ1n) is 6.89. The Bertz CT molecular complexity index is 865. The third-order valence-corrected chi connectivity index (χ3v) is 3.61. The molecule has 4 nitrogen and oxygen atoms in total. The number of nitrogens with zero attached hydrogens (tertiary/aromatic N) is 1. The van der Waals surface area contributed by atoms with E-state index in [2.05, 4.69) is 0 Å². The minimum absolute atomic E-state index is 0.0273. The molecule has 1 heterocycles. The van der Waals surface area contributed by atoms with Crippen LogP contribution in [0.3, 0.4) is 0 Å². The van der Waals surface area contributed by atoms with Gasteiger partial charge in [-0.25, -0.2) is 9.18 Å². The number of rotatable bonds is 2. The van der Waals surface area contributed by atoms with E-state index in [9.17, 15) is 9.18 Å². The number of hydrogen-bond acceptors (Lipinski definition) is 4. The normalized spacial score (nSPS) is 12.5. The lowest BCUT2D eigenvalue weighted by atomic mass is 9.93. The predicted octanol–water partition coefficient (Wildman–Crippen LogP) is 3.31. The first kappa shape index (κ1) is 14.8. The number of methoxy groups -OCH3 is 1. The van der Waals surface area contributed by atoms with E-state index in [1.54, 1.807) is 24.3 Å². The zero-order chi connectivity index (χ0) is 16.4. The highest BCUT2D eigenvalue weighted by Crippen LogP contribution is 2.35. The summed E-state index contributed by atoms with van der Waals surface area (Å²) >= 11 is 0. The maximum Gasteiger partial charge on any atom is 0.337 e. The van der Waals surface area contributed by atoms with Gasteiger partial charge in [0.05, 0.1) is 18.2 Å². The van der Waals surface area contributed by atoms with Gasteiger partial charge in [-0.15, -0.1) is 0 Å². The van der Waals surface area contributed by atoms with E-state index in [-0.39, 0.29) is 5.56 Å². The highest BCUT2D eigenvalue weighted by atomic mass is 19.1. The van der Waals surface area contributed by atoms with Crippen molar-refractivity contribution >= 4 is 11.5 Å². The molecular weight excluding hydrogens is 297 g/mol. The molecule has 5 heteroatoms. The average Bonchev–Trinajstić information content (AvgIpc) is 2.60. The fourth-order valence-electron chi connectivity index (χ4n) is 2.49. The number of carbonyl (C=O) groups is 1. The molecule has 0 saturated heterocycles. The lowest BCUT2D eigenvalue weighted by Gasteiger charge is -2.20. The second kappa shape index (κ2) is 5.93. The fraction of sp³-hybridized carbons (Fsp3) is 0.111. The number of hydrogen-bond donors (Lipinski definition) is 0. The molecule has 0 spiro atoms. The van der Waals surface area contributed by atoms with E-state index < -0.39 is 11.8 Å². The van der Waals surface area contributed by atoms with E-state index >= 15 is 0 Å². The van der Waals surface area contributed by atoms with Gasteiger partial charge in [0, 0.05) is 5.56 Å². The minimum atomic E-state index is -0.563. The Kier molecular flexibility index (Phi) is 3.82. The number of halogens is 1. The van der Waals surface area contributed by atoms with Gasteiger partial charge in [0.25, 0.3) is 0 Å². The van der Waals surface area contributed by atoms with Gasteiger partial charge in [0.15, 0.2) is 0 Å². The van der Waals surface area contributed by atoms with Gasteiger partial charge in [0.2, 0.25) is 0 Å². The quantitative estimate of drug-likeness (QED) is 0.799. The Morgan fingerprint density at radius 2 is 2.13 bits per heavy atom. The van der Waals surface area contributed by atoms with Crippen LogP contribution in [0.1, 0.15) is 27.0 Å². The predicted molar refractivity (Wildman–Crippen MR) is 81.5 cm³/mol. The summed E-state index contributed by atoms with van der Waals surface area (Å²) in [6.45, 7) is 0.360. The van der Waals surface area contributed by atoms with E-state index in [4.69, 9.17) is 14.7 Å². The van der Waals surface area contributed by atoms with Crippen LogP contribution in [0.5, 0.6) is 5.75 Å². The SMILES string of the molecule is COC(=O)c1ccc2c(c1)C(c1ccc(F)c(C#N)c1)=CCO2. The molecule has 23 heavy (non-hydrogen) atoms. The van der Waals surface area contributed by atoms with Crippen LogP contribution in [0.25, 0.3) is 5.57 Å². The highest BCUT2D eigenvalue weighted by Gasteiger charge is 2.19. The van der Waals surface area contributed by atoms with Gasteiger partial charge < -0.3 is 9.47 Å². The molecule has 0 N–H and O–H groups in total. The molecule has 0 fully saturated rings. The van der Waals surface area contributed by atoms with Crippen molar-refractivity contribution in [2.24, 2.45) is 0 Å². The molecule has 0 aromatic heterocycles. The molecule has 0 bridgehead atoms. The Morgan fingerprint density at radius 3 is 2.87 bits per heavy atom. The number of fused-ring (bicyclic) bond motifs is 1. The smallest absolute Gasteiger partial charge is 0.337 e. The van der Waals surface area contributed by atoms with Crippen molar-refractivity contribution in [2.45, 2.75) is 0 Å². The van der Waals surface area contributed by atoms with Crippen LogP contribution in [0.4, 0.5) is 4.39 Å². The van der Waals surface area contributed by atoms with E-state index in [1.807, 2.05) is 12.1 Å². The second-order valence-electron chi connectivity index (χ2n) is 4.94. The number of nitriles is 1. The standard InChI is InChI=1S/C18H12FNO3/c1-22-18(21)12-3-5-17-15(9-12)14(6-7-23-17)11-2-4-16(19)13(8-11)10-20/h2-6,8-9H,7H2,1H3. The highest BCUT2D eigenvalue weighted by molar-refractivity contribution is 5.93. The van der Waals surface area contributed by atoms with Crippen molar-refractivity contribution in [1.82, 2.24) is 0 Å². The molecule has 1 aliphatic rings. The van der Waals surface area contributed by atoms with Crippen LogP contribution in [-0.2, 0) is 4.74 Å². The zero-order valence-electron chi connectivity index (χ0n) is 12.3. The Balaban J connectivity index is 2.11. The molecule has 0 saturated carbocycles. The van der Waals surface area contributed by atoms with Crippen molar-refractivity contribution in [3.05, 3.63) is 70.5 Å². The monoisotopic (exact) mass is 309 g/mol. The van der Waals surface area contributed by atoms with Crippen LogP contribution in [0.15, 0.2) is 42.5 Å². The largest absolute Gasteiger partial charge is 0.489 e. The molecule has 0 unspecified atom stereocenters. The number of benzene rings is 2. The average molecular weight is 309 g/mol. The lowest BCUT2D eigenvalue weighted by Crippen LogP contribution is -2.08. The molecule has 0 radical (unpaired) electrons. The Hall–Kier alpha value is -3.13. The summed E-state index contributed by atoms with van der Waals surface area (Å²) in [4.78, 5) is 11.7. The van der Waals surface area contributed by atoms with Gasteiger partial charge >= 0.3 is 5.97 Å². The molecular formula is C18H12FNO3. The first-order chi connectivity index (χ1) is 11.1. The first-order valence-corrected chi connectivity index (χ1v) is 6.89. The second-order valence-corrected chi connectivity index (χ2v) is 4.94. The van der Waals surface area contributed by atoms with Crippen molar-refractivity contribution in [3.63, 3.8) is 0 Å². The van der Waals surface area contributed by atoms with E-state index in [0.29, 0.717) is 29.0 Å². The molecule has 0 aliphatic carbocycles. The third kappa shape index (κ3) is 2.67. The van der Waals surface area contributed by atoms with Gasteiger partial charge in [-0.2, -0.15) is 5.26 Å².